The molecule has 0 aromatic carbocycles. The molecule has 1 aromatic heterocycles. The molecule has 0 spiro atoms. The molecule has 0 radical (unpaired) electrons. The second-order valence-electron chi connectivity index (χ2n) is 4.01. The normalized spacial score (nSPS) is 17.3. The number of imidazole rings is 1. The third-order valence-corrected chi connectivity index (χ3v) is 2.47. The largest absolute Gasteiger partial charge is 0.332 e. The molecule has 1 aromatic rings. The summed E-state index contributed by atoms with van der Waals surface area (Å²) in [5.41, 5.74) is 1.24. The van der Waals surface area contributed by atoms with Crippen molar-refractivity contribution in [3.05, 3.63) is 17.7 Å². The van der Waals surface area contributed by atoms with Crippen molar-refractivity contribution in [1.29, 1.82) is 0 Å². The number of nitrogens with zero attached hydrogens (tertiary/aromatic N) is 2. The van der Waals surface area contributed by atoms with Crippen LogP contribution in [0, 0.1) is 6.92 Å². The summed E-state index contributed by atoms with van der Waals surface area (Å²) in [6.45, 7) is 6.49. The zero-order valence-corrected chi connectivity index (χ0v) is 8.04. The SMILES string of the molecule is Cc1nc(C(C)C)cn1C1CC1. The summed E-state index contributed by atoms with van der Waals surface area (Å²) < 4.78 is 2.33. The zero-order valence-electron chi connectivity index (χ0n) is 8.04. The van der Waals surface area contributed by atoms with Crippen LogP contribution >= 0.6 is 0 Å². The van der Waals surface area contributed by atoms with E-state index >= 15 is 0 Å². The molecule has 0 unspecified atom stereocenters. The standard InChI is InChI=1S/C10H16N2/c1-7(2)10-6-12(8(3)11-10)9-4-5-9/h6-7,9H,4-5H2,1-3H3. The molecule has 1 fully saturated rings. The van der Waals surface area contributed by atoms with Gasteiger partial charge in [-0.25, -0.2) is 4.98 Å². The van der Waals surface area contributed by atoms with Gasteiger partial charge in [-0.1, -0.05) is 13.8 Å². The summed E-state index contributed by atoms with van der Waals surface area (Å²) in [6.07, 6.45) is 4.90. The Bertz CT molecular complexity index is 282. The molecule has 1 aliphatic carbocycles. The van der Waals surface area contributed by atoms with Gasteiger partial charge < -0.3 is 4.57 Å². The molecule has 1 aliphatic rings. The lowest BCUT2D eigenvalue weighted by Gasteiger charge is -1.99. The fourth-order valence-electron chi connectivity index (χ4n) is 1.51. The van der Waals surface area contributed by atoms with E-state index in [0.717, 1.165) is 6.04 Å². The van der Waals surface area contributed by atoms with Crippen LogP contribution in [0.3, 0.4) is 0 Å². The number of aromatic nitrogens is 2. The lowest BCUT2D eigenvalue weighted by Crippen LogP contribution is -1.93. The molecule has 2 heteroatoms. The lowest BCUT2D eigenvalue weighted by atomic mass is 10.2. The van der Waals surface area contributed by atoms with Crippen LogP contribution in [0.2, 0.25) is 0 Å². The van der Waals surface area contributed by atoms with Crippen molar-refractivity contribution in [2.75, 3.05) is 0 Å². The Kier molecular flexibility index (Phi) is 1.71. The third kappa shape index (κ3) is 1.26. The molecule has 1 saturated carbocycles. The van der Waals surface area contributed by atoms with Crippen molar-refractivity contribution in [3.8, 4) is 0 Å². The molecule has 1 heterocycles. The number of rotatable bonds is 2. The fraction of sp³-hybridized carbons (Fsp3) is 0.700. The van der Waals surface area contributed by atoms with Gasteiger partial charge in [-0.3, -0.25) is 0 Å². The predicted octanol–water partition coefficient (Wildman–Crippen LogP) is 2.65. The molecular weight excluding hydrogens is 148 g/mol. The monoisotopic (exact) mass is 164 g/mol. The second kappa shape index (κ2) is 2.61. The van der Waals surface area contributed by atoms with Gasteiger partial charge >= 0.3 is 0 Å². The maximum absolute atomic E-state index is 4.53. The van der Waals surface area contributed by atoms with Crippen molar-refractivity contribution in [1.82, 2.24) is 9.55 Å². The van der Waals surface area contributed by atoms with Crippen LogP contribution in [-0.2, 0) is 0 Å². The number of aryl methyl sites for hydroxylation is 1. The molecular formula is C10H16N2. The first-order chi connectivity index (χ1) is 5.68. The van der Waals surface area contributed by atoms with Crippen LogP contribution in [0.1, 0.15) is 50.2 Å². The van der Waals surface area contributed by atoms with E-state index in [1.165, 1.54) is 24.4 Å². The van der Waals surface area contributed by atoms with E-state index in [-0.39, 0.29) is 0 Å². The summed E-state index contributed by atoms with van der Waals surface area (Å²) in [4.78, 5) is 4.53. The van der Waals surface area contributed by atoms with E-state index in [0.29, 0.717) is 5.92 Å². The van der Waals surface area contributed by atoms with Crippen LogP contribution in [0.15, 0.2) is 6.20 Å². The molecule has 12 heavy (non-hydrogen) atoms. The van der Waals surface area contributed by atoms with Gasteiger partial charge in [0.1, 0.15) is 5.82 Å². The van der Waals surface area contributed by atoms with E-state index in [1.807, 2.05) is 0 Å². The van der Waals surface area contributed by atoms with Crippen LogP contribution in [0.25, 0.3) is 0 Å². The average Bonchev–Trinajstić information content (AvgIpc) is 2.75. The average molecular weight is 164 g/mol. The highest BCUT2D eigenvalue weighted by Crippen LogP contribution is 2.36. The first-order valence-corrected chi connectivity index (χ1v) is 4.74. The quantitative estimate of drug-likeness (QED) is 0.657. The third-order valence-electron chi connectivity index (χ3n) is 2.47. The van der Waals surface area contributed by atoms with Gasteiger partial charge in [-0.2, -0.15) is 0 Å². The van der Waals surface area contributed by atoms with Crippen LogP contribution in [0.4, 0.5) is 0 Å². The van der Waals surface area contributed by atoms with Gasteiger partial charge in [0, 0.05) is 12.2 Å². The van der Waals surface area contributed by atoms with E-state index in [2.05, 4.69) is 36.5 Å². The summed E-state index contributed by atoms with van der Waals surface area (Å²) in [7, 11) is 0. The first kappa shape index (κ1) is 7.84. The van der Waals surface area contributed by atoms with Crippen LogP contribution in [-0.4, -0.2) is 9.55 Å². The van der Waals surface area contributed by atoms with E-state index in [9.17, 15) is 0 Å². The Morgan fingerprint density at radius 3 is 2.58 bits per heavy atom. The fourth-order valence-corrected chi connectivity index (χ4v) is 1.51. The summed E-state index contributed by atoms with van der Waals surface area (Å²) in [5.74, 6) is 1.74. The highest BCUT2D eigenvalue weighted by atomic mass is 15.1. The molecule has 2 nitrogen and oxygen atoms in total. The Morgan fingerprint density at radius 2 is 2.17 bits per heavy atom. The Labute approximate surface area is 73.6 Å². The molecule has 2 rings (SSSR count). The van der Waals surface area contributed by atoms with Crippen LogP contribution in [0.5, 0.6) is 0 Å². The molecule has 0 atom stereocenters. The molecule has 66 valence electrons. The maximum atomic E-state index is 4.53. The molecule has 0 bridgehead atoms. The zero-order chi connectivity index (χ0) is 8.72. The van der Waals surface area contributed by atoms with Gasteiger partial charge in [-0.15, -0.1) is 0 Å². The minimum atomic E-state index is 0.559. The lowest BCUT2D eigenvalue weighted by molar-refractivity contribution is 0.710. The van der Waals surface area contributed by atoms with E-state index < -0.39 is 0 Å². The summed E-state index contributed by atoms with van der Waals surface area (Å²) in [6, 6.07) is 0.769. The predicted molar refractivity (Wildman–Crippen MR) is 49.3 cm³/mol. The van der Waals surface area contributed by atoms with E-state index in [1.54, 1.807) is 0 Å². The van der Waals surface area contributed by atoms with Crippen molar-refractivity contribution in [2.24, 2.45) is 0 Å². The molecule has 0 saturated heterocycles. The highest BCUT2D eigenvalue weighted by Gasteiger charge is 2.25. The van der Waals surface area contributed by atoms with Crippen molar-refractivity contribution < 1.29 is 0 Å². The van der Waals surface area contributed by atoms with Crippen molar-refractivity contribution in [3.63, 3.8) is 0 Å². The second-order valence-corrected chi connectivity index (χ2v) is 4.01. The first-order valence-electron chi connectivity index (χ1n) is 4.74. The number of hydrogen-bond donors (Lipinski definition) is 0. The highest BCUT2D eigenvalue weighted by molar-refractivity contribution is 5.09. The Balaban J connectivity index is 2.30. The minimum Gasteiger partial charge on any atom is -0.332 e. The smallest absolute Gasteiger partial charge is 0.106 e. The topological polar surface area (TPSA) is 17.8 Å². The molecule has 0 amide bonds. The van der Waals surface area contributed by atoms with Crippen molar-refractivity contribution in [2.45, 2.75) is 45.6 Å². The number of hydrogen-bond acceptors (Lipinski definition) is 1. The molecule has 0 aliphatic heterocycles. The maximum Gasteiger partial charge on any atom is 0.106 e. The van der Waals surface area contributed by atoms with E-state index in [4.69, 9.17) is 0 Å². The van der Waals surface area contributed by atoms with Gasteiger partial charge in [0.15, 0.2) is 0 Å². The van der Waals surface area contributed by atoms with Gasteiger partial charge in [0.25, 0.3) is 0 Å². The Morgan fingerprint density at radius 1 is 1.50 bits per heavy atom. The summed E-state index contributed by atoms with van der Waals surface area (Å²) >= 11 is 0. The minimum absolute atomic E-state index is 0.559. The molecule has 0 N–H and O–H groups in total. The van der Waals surface area contributed by atoms with Crippen LogP contribution < -0.4 is 0 Å². The van der Waals surface area contributed by atoms with Gasteiger partial charge in [-0.05, 0) is 25.7 Å². The van der Waals surface area contributed by atoms with Crippen molar-refractivity contribution >= 4 is 0 Å². The Hall–Kier alpha value is -0.790. The summed E-state index contributed by atoms with van der Waals surface area (Å²) in [5, 5.41) is 0. The van der Waals surface area contributed by atoms with Gasteiger partial charge in [0.05, 0.1) is 5.69 Å². The van der Waals surface area contributed by atoms with Gasteiger partial charge in [0.2, 0.25) is 0 Å².